The lowest BCUT2D eigenvalue weighted by atomic mass is 10.1. The molecule has 1 aromatic carbocycles. The molecule has 0 radical (unpaired) electrons. The van der Waals surface area contributed by atoms with Crippen molar-refractivity contribution in [2.75, 3.05) is 7.05 Å². The van der Waals surface area contributed by atoms with Gasteiger partial charge >= 0.3 is 5.97 Å². The number of hydrogen-bond acceptors (Lipinski definition) is 3. The third-order valence-electron chi connectivity index (χ3n) is 3.00. The topological polar surface area (TPSA) is 95.5 Å². The fourth-order valence-corrected chi connectivity index (χ4v) is 1.85. The van der Waals surface area contributed by atoms with E-state index in [1.54, 1.807) is 0 Å². The van der Waals surface area contributed by atoms with E-state index in [-0.39, 0.29) is 31.1 Å². The molecule has 0 bridgehead atoms. The van der Waals surface area contributed by atoms with Crippen molar-refractivity contribution >= 4 is 17.8 Å². The summed E-state index contributed by atoms with van der Waals surface area (Å²) in [5.41, 5.74) is 0.843. The van der Waals surface area contributed by atoms with Gasteiger partial charge < -0.3 is 15.7 Å². The first kappa shape index (κ1) is 16.7. The van der Waals surface area contributed by atoms with E-state index in [0.717, 1.165) is 5.56 Å². The summed E-state index contributed by atoms with van der Waals surface area (Å²) < 4.78 is 0. The smallest absolute Gasteiger partial charge is 0.326 e. The van der Waals surface area contributed by atoms with Crippen molar-refractivity contribution in [3.8, 4) is 0 Å². The number of benzene rings is 1. The first-order valence-electron chi connectivity index (χ1n) is 6.79. The van der Waals surface area contributed by atoms with E-state index >= 15 is 0 Å². The molecule has 0 fully saturated rings. The van der Waals surface area contributed by atoms with E-state index in [0.29, 0.717) is 6.42 Å². The van der Waals surface area contributed by atoms with Gasteiger partial charge in [0, 0.05) is 26.3 Å². The molecule has 0 spiro atoms. The van der Waals surface area contributed by atoms with Gasteiger partial charge in [0.15, 0.2) is 0 Å². The molecule has 1 atom stereocenters. The fraction of sp³-hybridized carbons (Fsp3) is 0.400. The molecule has 0 heterocycles. The quantitative estimate of drug-likeness (QED) is 0.657. The number of carbonyl (C=O) groups excluding carboxylic acids is 2. The maximum absolute atomic E-state index is 11.7. The lowest BCUT2D eigenvalue weighted by Gasteiger charge is -2.14. The van der Waals surface area contributed by atoms with Gasteiger partial charge in [0.05, 0.1) is 0 Å². The van der Waals surface area contributed by atoms with Crippen LogP contribution in [-0.2, 0) is 20.8 Å². The van der Waals surface area contributed by atoms with Gasteiger partial charge in [0.25, 0.3) is 0 Å². The number of amides is 2. The number of carbonyl (C=O) groups is 3. The molecule has 0 saturated carbocycles. The van der Waals surface area contributed by atoms with Gasteiger partial charge in [-0.15, -0.1) is 0 Å². The van der Waals surface area contributed by atoms with Crippen LogP contribution in [0.1, 0.15) is 24.8 Å². The second-order valence-electron chi connectivity index (χ2n) is 4.67. The molecule has 0 aliphatic rings. The maximum atomic E-state index is 11.7. The summed E-state index contributed by atoms with van der Waals surface area (Å²) in [6.45, 7) is 0. The third kappa shape index (κ3) is 6.56. The Morgan fingerprint density at radius 2 is 1.71 bits per heavy atom. The molecule has 0 aliphatic heterocycles. The molecule has 0 saturated heterocycles. The summed E-state index contributed by atoms with van der Waals surface area (Å²) in [5, 5.41) is 14.1. The summed E-state index contributed by atoms with van der Waals surface area (Å²) >= 11 is 0. The molecular formula is C15H20N2O4. The van der Waals surface area contributed by atoms with E-state index in [9.17, 15) is 14.4 Å². The maximum Gasteiger partial charge on any atom is 0.326 e. The minimum Gasteiger partial charge on any atom is -0.480 e. The minimum atomic E-state index is -1.07. The van der Waals surface area contributed by atoms with E-state index < -0.39 is 12.0 Å². The van der Waals surface area contributed by atoms with Gasteiger partial charge in [-0.05, 0) is 12.0 Å². The third-order valence-corrected chi connectivity index (χ3v) is 3.00. The largest absolute Gasteiger partial charge is 0.480 e. The van der Waals surface area contributed by atoms with Crippen LogP contribution in [0.25, 0.3) is 0 Å². The number of rotatable bonds is 8. The molecule has 0 aliphatic carbocycles. The Bertz CT molecular complexity index is 488. The average Bonchev–Trinajstić information content (AvgIpc) is 2.47. The van der Waals surface area contributed by atoms with Crippen LogP contribution in [-0.4, -0.2) is 36.0 Å². The van der Waals surface area contributed by atoms with Crippen LogP contribution >= 0.6 is 0 Å². The van der Waals surface area contributed by atoms with Crippen LogP contribution in [0.2, 0.25) is 0 Å². The van der Waals surface area contributed by atoms with Crippen molar-refractivity contribution in [1.29, 1.82) is 0 Å². The highest BCUT2D eigenvalue weighted by molar-refractivity contribution is 5.84. The van der Waals surface area contributed by atoms with Crippen molar-refractivity contribution in [2.24, 2.45) is 0 Å². The molecule has 21 heavy (non-hydrogen) atoms. The number of aliphatic carboxylic acids is 1. The summed E-state index contributed by atoms with van der Waals surface area (Å²) in [6, 6.07) is 8.15. The Morgan fingerprint density at radius 3 is 2.29 bits per heavy atom. The number of nitrogens with one attached hydrogen (secondary N) is 2. The fourth-order valence-electron chi connectivity index (χ4n) is 1.85. The summed E-state index contributed by atoms with van der Waals surface area (Å²) in [7, 11) is 1.53. The van der Waals surface area contributed by atoms with Gasteiger partial charge in [-0.3, -0.25) is 9.59 Å². The highest BCUT2D eigenvalue weighted by atomic mass is 16.4. The van der Waals surface area contributed by atoms with Crippen LogP contribution in [0.15, 0.2) is 30.3 Å². The Kier molecular flexibility index (Phi) is 6.94. The van der Waals surface area contributed by atoms with Crippen molar-refractivity contribution in [3.63, 3.8) is 0 Å². The second-order valence-corrected chi connectivity index (χ2v) is 4.67. The Morgan fingerprint density at radius 1 is 1.10 bits per heavy atom. The molecule has 1 aromatic rings. The van der Waals surface area contributed by atoms with Crippen molar-refractivity contribution in [3.05, 3.63) is 35.9 Å². The molecule has 6 heteroatoms. The van der Waals surface area contributed by atoms with Gasteiger partial charge in [-0.1, -0.05) is 30.3 Å². The van der Waals surface area contributed by atoms with Gasteiger partial charge in [0.1, 0.15) is 6.04 Å². The predicted molar refractivity (Wildman–Crippen MR) is 77.6 cm³/mol. The van der Waals surface area contributed by atoms with Gasteiger partial charge in [0.2, 0.25) is 11.8 Å². The Labute approximate surface area is 123 Å². The Hall–Kier alpha value is -2.37. The summed E-state index contributed by atoms with van der Waals surface area (Å²) in [4.78, 5) is 33.9. The van der Waals surface area contributed by atoms with E-state index in [1.807, 2.05) is 30.3 Å². The number of hydrogen-bond donors (Lipinski definition) is 3. The molecule has 3 N–H and O–H groups in total. The standard InChI is InChI=1S/C15H20N2O4/c1-16-13(18)8-5-9-14(19)17-12(15(20)21)10-11-6-3-2-4-7-11/h2-4,6-7,12H,5,8-10H2,1H3,(H,16,18)(H,17,19)(H,20,21)/t12-/m0/s1. The zero-order chi connectivity index (χ0) is 15.7. The van der Waals surface area contributed by atoms with Crippen LogP contribution in [0.4, 0.5) is 0 Å². The van der Waals surface area contributed by atoms with Gasteiger partial charge in [-0.25, -0.2) is 4.79 Å². The zero-order valence-corrected chi connectivity index (χ0v) is 12.0. The molecule has 1 rings (SSSR count). The van der Waals surface area contributed by atoms with Crippen LogP contribution < -0.4 is 10.6 Å². The molecule has 114 valence electrons. The van der Waals surface area contributed by atoms with Crippen LogP contribution in [0.5, 0.6) is 0 Å². The van der Waals surface area contributed by atoms with E-state index in [4.69, 9.17) is 5.11 Å². The van der Waals surface area contributed by atoms with E-state index in [2.05, 4.69) is 10.6 Å². The lowest BCUT2D eigenvalue weighted by molar-refractivity contribution is -0.141. The molecule has 0 aromatic heterocycles. The highest BCUT2D eigenvalue weighted by Crippen LogP contribution is 2.04. The van der Waals surface area contributed by atoms with Gasteiger partial charge in [-0.2, -0.15) is 0 Å². The first-order valence-corrected chi connectivity index (χ1v) is 6.79. The van der Waals surface area contributed by atoms with Crippen LogP contribution in [0, 0.1) is 0 Å². The molecule has 6 nitrogen and oxygen atoms in total. The molecule has 0 unspecified atom stereocenters. The Balaban J connectivity index is 2.45. The van der Waals surface area contributed by atoms with Crippen molar-refractivity contribution in [2.45, 2.75) is 31.7 Å². The normalized spacial score (nSPS) is 11.5. The average molecular weight is 292 g/mol. The highest BCUT2D eigenvalue weighted by Gasteiger charge is 2.20. The summed E-state index contributed by atoms with van der Waals surface area (Å²) in [5.74, 6) is -1.57. The minimum absolute atomic E-state index is 0.131. The van der Waals surface area contributed by atoms with Crippen LogP contribution in [0.3, 0.4) is 0 Å². The lowest BCUT2D eigenvalue weighted by Crippen LogP contribution is -2.42. The number of carboxylic acid groups (broad SMARTS) is 1. The second kappa shape index (κ2) is 8.73. The molecular weight excluding hydrogens is 272 g/mol. The monoisotopic (exact) mass is 292 g/mol. The number of carboxylic acids is 1. The zero-order valence-electron chi connectivity index (χ0n) is 12.0. The van der Waals surface area contributed by atoms with Crippen molar-refractivity contribution < 1.29 is 19.5 Å². The first-order chi connectivity index (χ1) is 10.0. The van der Waals surface area contributed by atoms with Crippen molar-refractivity contribution in [1.82, 2.24) is 10.6 Å². The SMILES string of the molecule is CNC(=O)CCCC(=O)N[C@@H](Cc1ccccc1)C(=O)O. The molecule has 2 amide bonds. The van der Waals surface area contributed by atoms with E-state index in [1.165, 1.54) is 7.05 Å². The predicted octanol–water partition coefficient (Wildman–Crippen LogP) is 0.715. The summed E-state index contributed by atoms with van der Waals surface area (Å²) in [6.07, 6.45) is 1.01.